The van der Waals surface area contributed by atoms with Crippen molar-refractivity contribution in [2.45, 2.75) is 6.61 Å². The van der Waals surface area contributed by atoms with E-state index in [9.17, 15) is 0 Å². The van der Waals surface area contributed by atoms with Crippen LogP contribution in [0.25, 0.3) is 0 Å². The molecule has 88 valence electrons. The molecule has 0 atom stereocenters. The summed E-state index contributed by atoms with van der Waals surface area (Å²) >= 11 is 0. The summed E-state index contributed by atoms with van der Waals surface area (Å²) < 4.78 is 5.65. The molecule has 0 amide bonds. The Bertz CT molecular complexity index is 469. The first-order chi connectivity index (χ1) is 8.25. The van der Waals surface area contributed by atoms with Crippen molar-refractivity contribution in [3.05, 3.63) is 54.1 Å². The van der Waals surface area contributed by atoms with E-state index in [1.165, 1.54) is 0 Å². The van der Waals surface area contributed by atoms with Crippen molar-refractivity contribution in [3.8, 4) is 5.88 Å². The van der Waals surface area contributed by atoms with Gasteiger partial charge in [0.05, 0.1) is 0 Å². The molecule has 0 saturated heterocycles. The van der Waals surface area contributed by atoms with Crippen molar-refractivity contribution in [1.29, 1.82) is 0 Å². The summed E-state index contributed by atoms with van der Waals surface area (Å²) in [6.45, 7) is 0.546. The van der Waals surface area contributed by atoms with E-state index >= 15 is 0 Å². The van der Waals surface area contributed by atoms with Gasteiger partial charge in [-0.1, -0.05) is 36.4 Å². The van der Waals surface area contributed by atoms with E-state index in [4.69, 9.17) is 4.74 Å². The molecule has 1 aromatic heterocycles. The summed E-state index contributed by atoms with van der Waals surface area (Å²) in [5, 5.41) is 0. The quantitative estimate of drug-likeness (QED) is 0.804. The maximum absolute atomic E-state index is 5.65. The topological polar surface area (TPSA) is 25.4 Å². The molecule has 0 radical (unpaired) electrons. The first kappa shape index (κ1) is 11.5. The fourth-order valence-electron chi connectivity index (χ4n) is 1.46. The van der Waals surface area contributed by atoms with Crippen LogP contribution < -0.4 is 9.64 Å². The first-order valence-corrected chi connectivity index (χ1v) is 5.57. The Hall–Kier alpha value is -2.03. The molecule has 0 unspecified atom stereocenters. The number of anilines is 1. The number of pyridine rings is 1. The molecule has 17 heavy (non-hydrogen) atoms. The summed E-state index contributed by atoms with van der Waals surface area (Å²) in [7, 11) is 3.92. The maximum Gasteiger partial charge on any atom is 0.215 e. The minimum Gasteiger partial charge on any atom is -0.473 e. The van der Waals surface area contributed by atoms with Crippen LogP contribution >= 0.6 is 0 Å². The van der Waals surface area contributed by atoms with Gasteiger partial charge in [-0.15, -0.1) is 0 Å². The summed E-state index contributed by atoms with van der Waals surface area (Å²) in [6, 6.07) is 15.8. The van der Waals surface area contributed by atoms with E-state index in [2.05, 4.69) is 4.98 Å². The molecule has 1 aromatic carbocycles. The fraction of sp³-hybridized carbons (Fsp3) is 0.214. The molecule has 0 saturated carbocycles. The second-order valence-electron chi connectivity index (χ2n) is 4.00. The normalized spacial score (nSPS) is 10.0. The van der Waals surface area contributed by atoms with Gasteiger partial charge < -0.3 is 9.64 Å². The van der Waals surface area contributed by atoms with Crippen LogP contribution in [0.2, 0.25) is 0 Å². The van der Waals surface area contributed by atoms with Crippen LogP contribution in [0.15, 0.2) is 48.5 Å². The fourth-order valence-corrected chi connectivity index (χ4v) is 1.46. The number of nitrogens with zero attached hydrogens (tertiary/aromatic N) is 2. The second-order valence-corrected chi connectivity index (χ2v) is 4.00. The lowest BCUT2D eigenvalue weighted by atomic mass is 10.2. The molecular formula is C14H16N2O. The summed E-state index contributed by atoms with van der Waals surface area (Å²) in [5.74, 6) is 1.55. The molecule has 1 heterocycles. The zero-order valence-electron chi connectivity index (χ0n) is 10.1. The third kappa shape index (κ3) is 3.21. The lowest BCUT2D eigenvalue weighted by Crippen LogP contribution is -2.10. The van der Waals surface area contributed by atoms with Gasteiger partial charge in [0.25, 0.3) is 0 Å². The minimum atomic E-state index is 0.546. The van der Waals surface area contributed by atoms with E-state index in [0.29, 0.717) is 12.5 Å². The molecule has 0 N–H and O–H groups in total. The predicted octanol–water partition coefficient (Wildman–Crippen LogP) is 2.73. The lowest BCUT2D eigenvalue weighted by molar-refractivity contribution is 0.294. The molecule has 0 aliphatic carbocycles. The first-order valence-electron chi connectivity index (χ1n) is 5.57. The van der Waals surface area contributed by atoms with Gasteiger partial charge >= 0.3 is 0 Å². The minimum absolute atomic E-state index is 0.546. The van der Waals surface area contributed by atoms with Crippen molar-refractivity contribution in [3.63, 3.8) is 0 Å². The van der Waals surface area contributed by atoms with Gasteiger partial charge in [-0.05, 0) is 11.6 Å². The van der Waals surface area contributed by atoms with Crippen LogP contribution in [0.5, 0.6) is 5.88 Å². The van der Waals surface area contributed by atoms with Crippen LogP contribution in [0.3, 0.4) is 0 Å². The van der Waals surface area contributed by atoms with E-state index in [0.717, 1.165) is 11.4 Å². The Morgan fingerprint density at radius 1 is 1.00 bits per heavy atom. The third-order valence-electron chi connectivity index (χ3n) is 2.40. The maximum atomic E-state index is 5.65. The highest BCUT2D eigenvalue weighted by Gasteiger charge is 2.00. The van der Waals surface area contributed by atoms with Crippen LogP contribution in [-0.4, -0.2) is 19.1 Å². The molecule has 0 aliphatic rings. The van der Waals surface area contributed by atoms with Crippen LogP contribution in [-0.2, 0) is 6.61 Å². The molecule has 3 heteroatoms. The highest BCUT2D eigenvalue weighted by molar-refractivity contribution is 5.38. The lowest BCUT2D eigenvalue weighted by Gasteiger charge is -2.12. The summed E-state index contributed by atoms with van der Waals surface area (Å²) in [6.07, 6.45) is 0. The molecular weight excluding hydrogens is 212 g/mol. The highest BCUT2D eigenvalue weighted by atomic mass is 16.5. The molecule has 2 rings (SSSR count). The van der Waals surface area contributed by atoms with Crippen LogP contribution in [0, 0.1) is 0 Å². The Labute approximate surface area is 102 Å². The number of aromatic nitrogens is 1. The van der Waals surface area contributed by atoms with Gasteiger partial charge in [-0.25, -0.2) is 0 Å². The summed E-state index contributed by atoms with van der Waals surface area (Å²) in [4.78, 5) is 6.34. The SMILES string of the molecule is CN(C)c1cccc(OCc2ccccc2)n1. The van der Waals surface area contributed by atoms with E-state index in [-0.39, 0.29) is 0 Å². The zero-order valence-corrected chi connectivity index (χ0v) is 10.1. The smallest absolute Gasteiger partial charge is 0.215 e. The Kier molecular flexibility index (Phi) is 3.60. The van der Waals surface area contributed by atoms with Crippen molar-refractivity contribution in [2.75, 3.05) is 19.0 Å². The van der Waals surface area contributed by atoms with E-state index in [1.54, 1.807) is 0 Å². The summed E-state index contributed by atoms with van der Waals surface area (Å²) in [5.41, 5.74) is 1.14. The van der Waals surface area contributed by atoms with Crippen molar-refractivity contribution >= 4 is 5.82 Å². The number of benzene rings is 1. The molecule has 0 bridgehead atoms. The highest BCUT2D eigenvalue weighted by Crippen LogP contribution is 2.14. The van der Waals surface area contributed by atoms with Crippen LogP contribution in [0.1, 0.15) is 5.56 Å². The van der Waals surface area contributed by atoms with Gasteiger partial charge in [0.15, 0.2) is 0 Å². The largest absolute Gasteiger partial charge is 0.473 e. The predicted molar refractivity (Wildman–Crippen MR) is 69.3 cm³/mol. The Balaban J connectivity index is 2.02. The zero-order chi connectivity index (χ0) is 12.1. The number of rotatable bonds is 4. The van der Waals surface area contributed by atoms with Crippen molar-refractivity contribution < 1.29 is 4.74 Å². The van der Waals surface area contributed by atoms with Crippen LogP contribution in [0.4, 0.5) is 5.82 Å². The number of hydrogen-bond acceptors (Lipinski definition) is 3. The van der Waals surface area contributed by atoms with Gasteiger partial charge in [-0.3, -0.25) is 0 Å². The van der Waals surface area contributed by atoms with E-state index < -0.39 is 0 Å². The van der Waals surface area contributed by atoms with Crippen molar-refractivity contribution in [1.82, 2.24) is 4.98 Å². The Morgan fingerprint density at radius 3 is 2.47 bits per heavy atom. The number of ether oxygens (including phenoxy) is 1. The van der Waals surface area contributed by atoms with Crippen molar-refractivity contribution in [2.24, 2.45) is 0 Å². The molecule has 0 spiro atoms. The number of hydrogen-bond donors (Lipinski definition) is 0. The second kappa shape index (κ2) is 5.34. The molecule has 0 fully saturated rings. The van der Waals surface area contributed by atoms with Gasteiger partial charge in [0, 0.05) is 20.2 Å². The molecule has 3 nitrogen and oxygen atoms in total. The van der Waals surface area contributed by atoms with Gasteiger partial charge in [0.1, 0.15) is 12.4 Å². The van der Waals surface area contributed by atoms with Gasteiger partial charge in [-0.2, -0.15) is 4.98 Å². The monoisotopic (exact) mass is 228 g/mol. The third-order valence-corrected chi connectivity index (χ3v) is 2.40. The van der Waals surface area contributed by atoms with E-state index in [1.807, 2.05) is 67.5 Å². The van der Waals surface area contributed by atoms with Gasteiger partial charge in [0.2, 0.25) is 5.88 Å². The average Bonchev–Trinajstić information content (AvgIpc) is 2.38. The standard InChI is InChI=1S/C14H16N2O/c1-16(2)13-9-6-10-14(15-13)17-11-12-7-4-3-5-8-12/h3-10H,11H2,1-2H3. The molecule has 2 aromatic rings. The Morgan fingerprint density at radius 2 is 1.76 bits per heavy atom. The average molecular weight is 228 g/mol. The molecule has 0 aliphatic heterocycles.